The molecule has 0 unspecified atom stereocenters. The number of alkyl halides is 3. The van der Waals surface area contributed by atoms with E-state index in [9.17, 15) is 18.0 Å². The van der Waals surface area contributed by atoms with E-state index in [1.165, 1.54) is 19.2 Å². The Morgan fingerprint density at radius 2 is 2.00 bits per heavy atom. The van der Waals surface area contributed by atoms with Crippen LogP contribution in [0.3, 0.4) is 0 Å². The van der Waals surface area contributed by atoms with Gasteiger partial charge in [-0.25, -0.2) is 4.79 Å². The average Bonchev–Trinajstić information content (AvgIpc) is 2.41. The van der Waals surface area contributed by atoms with Gasteiger partial charge in [0.05, 0.1) is 24.8 Å². The first-order valence-corrected chi connectivity index (χ1v) is 5.88. The number of carbonyl (C=O) groups excluding carboxylic acids is 1. The summed E-state index contributed by atoms with van der Waals surface area (Å²) in [5, 5.41) is 2.84. The van der Waals surface area contributed by atoms with E-state index in [2.05, 4.69) is 10.1 Å². The SMILES string of the molecule is COCCNCc1ccc(C(=O)OC)cc1C(F)(F)F. The maximum Gasteiger partial charge on any atom is 0.416 e. The monoisotopic (exact) mass is 291 g/mol. The zero-order chi connectivity index (χ0) is 15.2. The highest BCUT2D eigenvalue weighted by Gasteiger charge is 2.34. The maximum absolute atomic E-state index is 13.0. The van der Waals surface area contributed by atoms with E-state index in [0.717, 1.165) is 13.2 Å². The van der Waals surface area contributed by atoms with Crippen molar-refractivity contribution in [2.24, 2.45) is 0 Å². The second kappa shape index (κ2) is 7.25. The van der Waals surface area contributed by atoms with E-state index in [0.29, 0.717) is 13.2 Å². The van der Waals surface area contributed by atoms with Crippen molar-refractivity contribution >= 4 is 5.97 Å². The van der Waals surface area contributed by atoms with Crippen molar-refractivity contribution in [2.75, 3.05) is 27.4 Å². The lowest BCUT2D eigenvalue weighted by molar-refractivity contribution is -0.138. The molecule has 0 aliphatic carbocycles. The lowest BCUT2D eigenvalue weighted by Crippen LogP contribution is -2.21. The van der Waals surface area contributed by atoms with Gasteiger partial charge in [-0.15, -0.1) is 0 Å². The molecular formula is C13H16F3NO3. The Bertz CT molecular complexity index is 461. The number of benzene rings is 1. The molecule has 0 aliphatic heterocycles. The lowest BCUT2D eigenvalue weighted by atomic mass is 10.0. The minimum Gasteiger partial charge on any atom is -0.465 e. The van der Waals surface area contributed by atoms with Gasteiger partial charge in [0.1, 0.15) is 0 Å². The molecule has 0 heterocycles. The standard InChI is InChI=1S/C13H16F3NO3/c1-19-6-5-17-8-10-4-3-9(12(18)20-2)7-11(10)13(14,15)16/h3-4,7,17H,5-6,8H2,1-2H3. The van der Waals surface area contributed by atoms with E-state index < -0.39 is 17.7 Å². The van der Waals surface area contributed by atoms with Crippen LogP contribution in [-0.2, 0) is 22.2 Å². The van der Waals surface area contributed by atoms with Gasteiger partial charge >= 0.3 is 12.1 Å². The third-order valence-electron chi connectivity index (χ3n) is 2.63. The summed E-state index contributed by atoms with van der Waals surface area (Å²) >= 11 is 0. The number of hydrogen-bond acceptors (Lipinski definition) is 4. The molecule has 112 valence electrons. The predicted octanol–water partition coefficient (Wildman–Crippen LogP) is 2.23. The van der Waals surface area contributed by atoms with Crippen molar-refractivity contribution in [1.82, 2.24) is 5.32 Å². The molecule has 1 rings (SSSR count). The minimum atomic E-state index is -4.53. The first-order valence-electron chi connectivity index (χ1n) is 5.88. The van der Waals surface area contributed by atoms with Crippen LogP contribution in [0.4, 0.5) is 13.2 Å². The fourth-order valence-electron chi connectivity index (χ4n) is 1.64. The van der Waals surface area contributed by atoms with Crippen molar-refractivity contribution in [3.63, 3.8) is 0 Å². The number of hydrogen-bond donors (Lipinski definition) is 1. The minimum absolute atomic E-state index is 0.0413. The number of esters is 1. The Balaban J connectivity index is 2.96. The zero-order valence-electron chi connectivity index (χ0n) is 11.2. The molecule has 4 nitrogen and oxygen atoms in total. The second-order valence-corrected chi connectivity index (χ2v) is 4.03. The normalized spacial score (nSPS) is 11.4. The van der Waals surface area contributed by atoms with Crippen molar-refractivity contribution in [3.05, 3.63) is 34.9 Å². The van der Waals surface area contributed by atoms with Gasteiger partial charge in [-0.1, -0.05) is 6.07 Å². The Labute approximate surface area is 114 Å². The predicted molar refractivity (Wildman–Crippen MR) is 66.4 cm³/mol. The van der Waals surface area contributed by atoms with E-state index in [4.69, 9.17) is 4.74 Å². The summed E-state index contributed by atoms with van der Waals surface area (Å²) in [7, 11) is 2.63. The topological polar surface area (TPSA) is 47.6 Å². The molecule has 1 aromatic rings. The molecule has 0 bridgehead atoms. The molecule has 1 N–H and O–H groups in total. The summed E-state index contributed by atoms with van der Waals surface area (Å²) in [6, 6.07) is 3.39. The zero-order valence-corrected chi connectivity index (χ0v) is 11.2. The van der Waals surface area contributed by atoms with Crippen molar-refractivity contribution in [2.45, 2.75) is 12.7 Å². The molecule has 0 fully saturated rings. The number of ether oxygens (including phenoxy) is 2. The highest BCUT2D eigenvalue weighted by molar-refractivity contribution is 5.89. The van der Waals surface area contributed by atoms with E-state index in [1.54, 1.807) is 0 Å². The molecule has 0 amide bonds. The molecule has 0 saturated carbocycles. The maximum atomic E-state index is 13.0. The Morgan fingerprint density at radius 1 is 1.30 bits per heavy atom. The van der Waals surface area contributed by atoms with Crippen LogP contribution < -0.4 is 5.32 Å². The van der Waals surface area contributed by atoms with E-state index in [-0.39, 0.29) is 17.7 Å². The fraction of sp³-hybridized carbons (Fsp3) is 0.462. The summed E-state index contributed by atoms with van der Waals surface area (Å²) in [6.45, 7) is 0.883. The van der Waals surface area contributed by atoms with Crippen LogP contribution in [0.2, 0.25) is 0 Å². The first-order chi connectivity index (χ1) is 9.40. The molecule has 0 aliphatic rings. The largest absolute Gasteiger partial charge is 0.465 e. The molecular weight excluding hydrogens is 275 g/mol. The molecule has 0 aromatic heterocycles. The molecule has 20 heavy (non-hydrogen) atoms. The van der Waals surface area contributed by atoms with Gasteiger partial charge in [0.25, 0.3) is 0 Å². The lowest BCUT2D eigenvalue weighted by Gasteiger charge is -2.14. The van der Waals surface area contributed by atoms with Crippen molar-refractivity contribution in [3.8, 4) is 0 Å². The Kier molecular flexibility index (Phi) is 5.97. The molecule has 1 aromatic carbocycles. The first kappa shape index (κ1) is 16.5. The van der Waals surface area contributed by atoms with Crippen LogP contribution in [0.1, 0.15) is 21.5 Å². The van der Waals surface area contributed by atoms with Gasteiger partial charge in [-0.3, -0.25) is 0 Å². The Morgan fingerprint density at radius 3 is 2.55 bits per heavy atom. The number of rotatable bonds is 6. The van der Waals surface area contributed by atoms with Gasteiger partial charge in [-0.05, 0) is 17.7 Å². The third-order valence-corrected chi connectivity index (χ3v) is 2.63. The van der Waals surface area contributed by atoms with Crippen molar-refractivity contribution < 1.29 is 27.4 Å². The van der Waals surface area contributed by atoms with Gasteiger partial charge in [0, 0.05) is 20.2 Å². The van der Waals surface area contributed by atoms with Crippen molar-refractivity contribution in [1.29, 1.82) is 0 Å². The van der Waals surface area contributed by atoms with Gasteiger partial charge in [-0.2, -0.15) is 13.2 Å². The van der Waals surface area contributed by atoms with Gasteiger partial charge < -0.3 is 14.8 Å². The number of carbonyl (C=O) groups is 1. The van der Waals surface area contributed by atoms with Crippen LogP contribution in [0, 0.1) is 0 Å². The quantitative estimate of drug-likeness (QED) is 0.645. The summed E-state index contributed by atoms with van der Waals surface area (Å²) in [5.41, 5.74) is -0.896. The molecule has 0 saturated heterocycles. The molecule has 0 atom stereocenters. The van der Waals surface area contributed by atoms with Crippen LogP contribution >= 0.6 is 0 Å². The summed E-state index contributed by atoms with van der Waals surface area (Å²) in [6.07, 6.45) is -4.53. The van der Waals surface area contributed by atoms with Crippen LogP contribution in [0.5, 0.6) is 0 Å². The van der Waals surface area contributed by atoms with Gasteiger partial charge in [0.2, 0.25) is 0 Å². The average molecular weight is 291 g/mol. The Hall–Kier alpha value is -1.60. The highest BCUT2D eigenvalue weighted by atomic mass is 19.4. The summed E-state index contributed by atoms with van der Waals surface area (Å²) in [5.74, 6) is -0.797. The molecule has 0 radical (unpaired) electrons. The van der Waals surface area contributed by atoms with Crippen LogP contribution in [0.25, 0.3) is 0 Å². The molecule has 0 spiro atoms. The van der Waals surface area contributed by atoms with Crippen LogP contribution in [-0.4, -0.2) is 33.3 Å². The van der Waals surface area contributed by atoms with E-state index in [1.807, 2.05) is 0 Å². The second-order valence-electron chi connectivity index (χ2n) is 4.03. The summed E-state index contributed by atoms with van der Waals surface area (Å²) < 4.78 is 48.1. The van der Waals surface area contributed by atoms with Gasteiger partial charge in [0.15, 0.2) is 0 Å². The number of halogens is 3. The van der Waals surface area contributed by atoms with Crippen LogP contribution in [0.15, 0.2) is 18.2 Å². The summed E-state index contributed by atoms with van der Waals surface area (Å²) in [4.78, 5) is 11.3. The smallest absolute Gasteiger partial charge is 0.416 e. The van der Waals surface area contributed by atoms with E-state index >= 15 is 0 Å². The molecule has 7 heteroatoms. The third kappa shape index (κ3) is 4.50. The highest BCUT2D eigenvalue weighted by Crippen LogP contribution is 2.32. The number of nitrogens with one attached hydrogen (secondary N) is 1. The fourth-order valence-corrected chi connectivity index (χ4v) is 1.64. The number of methoxy groups -OCH3 is 2.